The van der Waals surface area contributed by atoms with Gasteiger partial charge in [0.15, 0.2) is 0 Å². The Morgan fingerprint density at radius 3 is 2.94 bits per heavy atom. The van der Waals surface area contributed by atoms with Crippen LogP contribution in [0.25, 0.3) is 0 Å². The predicted molar refractivity (Wildman–Crippen MR) is 75.6 cm³/mol. The molecule has 2 rings (SSSR count). The summed E-state index contributed by atoms with van der Waals surface area (Å²) in [5.74, 6) is 0.681. The van der Waals surface area contributed by atoms with E-state index in [1.807, 2.05) is 11.3 Å². The van der Waals surface area contributed by atoms with Gasteiger partial charge in [-0.3, -0.25) is 4.90 Å². The van der Waals surface area contributed by atoms with Crippen molar-refractivity contribution in [3.63, 3.8) is 0 Å². The summed E-state index contributed by atoms with van der Waals surface area (Å²) in [4.78, 5) is 4.24. The van der Waals surface area contributed by atoms with Crippen molar-refractivity contribution in [1.29, 1.82) is 0 Å². The third-order valence-corrected chi connectivity index (χ3v) is 4.63. The highest BCUT2D eigenvalue weighted by molar-refractivity contribution is 7.10. The average molecular weight is 252 g/mol. The summed E-state index contributed by atoms with van der Waals surface area (Å²) in [7, 11) is 0. The Morgan fingerprint density at radius 2 is 2.35 bits per heavy atom. The van der Waals surface area contributed by atoms with Gasteiger partial charge in [0.2, 0.25) is 0 Å². The third-order valence-electron chi connectivity index (χ3n) is 3.69. The molecule has 1 aliphatic rings. The number of rotatable bonds is 4. The van der Waals surface area contributed by atoms with E-state index in [4.69, 9.17) is 0 Å². The molecule has 1 aromatic heterocycles. The first-order chi connectivity index (χ1) is 8.24. The Balaban J connectivity index is 2.20. The minimum Gasteiger partial charge on any atom is -0.314 e. The summed E-state index contributed by atoms with van der Waals surface area (Å²) >= 11 is 1.90. The topological polar surface area (TPSA) is 15.3 Å². The van der Waals surface area contributed by atoms with Crippen LogP contribution in [0.2, 0.25) is 0 Å². The molecule has 1 N–H and O–H groups in total. The molecule has 96 valence electrons. The molecule has 1 saturated heterocycles. The number of piperazine rings is 1. The van der Waals surface area contributed by atoms with Gasteiger partial charge < -0.3 is 5.32 Å². The van der Waals surface area contributed by atoms with Crippen molar-refractivity contribution in [1.82, 2.24) is 10.2 Å². The second-order valence-electron chi connectivity index (χ2n) is 5.21. The maximum Gasteiger partial charge on any atom is 0.0468 e. The van der Waals surface area contributed by atoms with Gasteiger partial charge in [0.1, 0.15) is 0 Å². The number of hydrogen-bond acceptors (Lipinski definition) is 3. The molecule has 3 heteroatoms. The lowest BCUT2D eigenvalue weighted by Gasteiger charge is -2.42. The minimum absolute atomic E-state index is 0.599. The van der Waals surface area contributed by atoms with Crippen LogP contribution in [-0.4, -0.2) is 30.6 Å². The molecule has 0 amide bonds. The van der Waals surface area contributed by atoms with Gasteiger partial charge in [-0.25, -0.2) is 0 Å². The van der Waals surface area contributed by atoms with Crippen molar-refractivity contribution >= 4 is 11.3 Å². The first-order valence-corrected chi connectivity index (χ1v) is 7.61. The first-order valence-electron chi connectivity index (χ1n) is 6.74. The van der Waals surface area contributed by atoms with E-state index in [0.29, 0.717) is 18.0 Å². The number of hydrogen-bond donors (Lipinski definition) is 1. The lowest BCUT2D eigenvalue weighted by molar-refractivity contribution is 0.0781. The number of nitrogens with zero attached hydrogens (tertiary/aromatic N) is 1. The fourth-order valence-electron chi connectivity index (χ4n) is 2.86. The van der Waals surface area contributed by atoms with Gasteiger partial charge in [-0.05, 0) is 23.8 Å². The molecule has 0 bridgehead atoms. The molecule has 0 aromatic carbocycles. The summed E-state index contributed by atoms with van der Waals surface area (Å²) < 4.78 is 0. The van der Waals surface area contributed by atoms with Crippen LogP contribution in [0.1, 0.15) is 38.1 Å². The molecule has 1 fully saturated rings. The summed E-state index contributed by atoms with van der Waals surface area (Å²) in [6.07, 6.45) is 1.24. The summed E-state index contributed by atoms with van der Waals surface area (Å²) in [5.41, 5.74) is 0. The Morgan fingerprint density at radius 1 is 1.53 bits per heavy atom. The predicted octanol–water partition coefficient (Wildman–Crippen LogP) is 3.13. The van der Waals surface area contributed by atoms with E-state index in [1.165, 1.54) is 17.8 Å². The second-order valence-corrected chi connectivity index (χ2v) is 6.19. The van der Waals surface area contributed by atoms with Gasteiger partial charge in [-0.15, -0.1) is 11.3 Å². The second kappa shape index (κ2) is 5.98. The van der Waals surface area contributed by atoms with Crippen molar-refractivity contribution < 1.29 is 0 Å². The van der Waals surface area contributed by atoms with Crippen LogP contribution in [0.15, 0.2) is 17.5 Å². The van der Waals surface area contributed by atoms with Crippen LogP contribution in [-0.2, 0) is 0 Å². The van der Waals surface area contributed by atoms with Crippen molar-refractivity contribution in [3.8, 4) is 0 Å². The Hall–Kier alpha value is -0.380. The van der Waals surface area contributed by atoms with E-state index in [9.17, 15) is 0 Å². The minimum atomic E-state index is 0.599. The fraction of sp³-hybridized carbons (Fsp3) is 0.714. The van der Waals surface area contributed by atoms with E-state index >= 15 is 0 Å². The molecular formula is C14H24N2S. The van der Waals surface area contributed by atoms with Gasteiger partial charge in [-0.1, -0.05) is 26.8 Å². The molecular weight excluding hydrogens is 228 g/mol. The van der Waals surface area contributed by atoms with E-state index in [2.05, 4.69) is 48.5 Å². The summed E-state index contributed by atoms with van der Waals surface area (Å²) in [5, 5.41) is 5.72. The zero-order chi connectivity index (χ0) is 12.3. The van der Waals surface area contributed by atoms with Crippen LogP contribution in [0.4, 0.5) is 0 Å². The number of nitrogens with one attached hydrogen (secondary N) is 1. The molecule has 0 saturated carbocycles. The van der Waals surface area contributed by atoms with Crippen LogP contribution in [0, 0.1) is 5.92 Å². The molecule has 2 heterocycles. The lowest BCUT2D eigenvalue weighted by Crippen LogP contribution is -2.52. The van der Waals surface area contributed by atoms with Gasteiger partial charge in [0, 0.05) is 36.6 Å². The van der Waals surface area contributed by atoms with Gasteiger partial charge in [-0.2, -0.15) is 0 Å². The zero-order valence-corrected chi connectivity index (χ0v) is 12.0. The van der Waals surface area contributed by atoms with Crippen LogP contribution in [0.3, 0.4) is 0 Å². The van der Waals surface area contributed by atoms with Gasteiger partial charge in [0.05, 0.1) is 0 Å². The molecule has 0 aliphatic carbocycles. The third kappa shape index (κ3) is 2.90. The van der Waals surface area contributed by atoms with Crippen molar-refractivity contribution in [2.75, 3.05) is 19.6 Å². The molecule has 0 spiro atoms. The highest BCUT2D eigenvalue weighted by Crippen LogP contribution is 2.34. The number of thiophene rings is 1. The maximum absolute atomic E-state index is 3.52. The summed E-state index contributed by atoms with van der Waals surface area (Å²) in [6.45, 7) is 10.4. The molecule has 2 nitrogen and oxygen atoms in total. The largest absolute Gasteiger partial charge is 0.314 e. The average Bonchev–Trinajstić information content (AvgIpc) is 2.83. The molecule has 1 aromatic rings. The molecule has 1 aliphatic heterocycles. The van der Waals surface area contributed by atoms with Gasteiger partial charge in [0.25, 0.3) is 0 Å². The summed E-state index contributed by atoms with van der Waals surface area (Å²) in [6, 6.07) is 5.77. The van der Waals surface area contributed by atoms with E-state index < -0.39 is 0 Å². The standard InChI is InChI=1S/C14H24N2S/c1-4-12-10-15-7-8-16(12)14(11(2)3)13-6-5-9-17-13/h5-6,9,11-12,14-15H,4,7-8,10H2,1-3H3. The van der Waals surface area contributed by atoms with E-state index in [1.54, 1.807) is 0 Å². The van der Waals surface area contributed by atoms with Crippen LogP contribution in [0.5, 0.6) is 0 Å². The fourth-order valence-corrected chi connectivity index (χ4v) is 3.87. The van der Waals surface area contributed by atoms with E-state index in [-0.39, 0.29) is 0 Å². The highest BCUT2D eigenvalue weighted by atomic mass is 32.1. The zero-order valence-electron chi connectivity index (χ0n) is 11.1. The van der Waals surface area contributed by atoms with E-state index in [0.717, 1.165) is 13.1 Å². The van der Waals surface area contributed by atoms with Crippen LogP contribution < -0.4 is 5.32 Å². The first kappa shape index (κ1) is 13.1. The monoisotopic (exact) mass is 252 g/mol. The molecule has 2 atom stereocenters. The van der Waals surface area contributed by atoms with Gasteiger partial charge >= 0.3 is 0 Å². The molecule has 17 heavy (non-hydrogen) atoms. The Bertz CT molecular complexity index is 321. The quantitative estimate of drug-likeness (QED) is 0.885. The van der Waals surface area contributed by atoms with Crippen LogP contribution >= 0.6 is 11.3 Å². The lowest BCUT2D eigenvalue weighted by atomic mass is 9.97. The normalized spacial score (nSPS) is 24.1. The Kier molecular flexibility index (Phi) is 4.60. The van der Waals surface area contributed by atoms with Crippen molar-refractivity contribution in [2.24, 2.45) is 5.92 Å². The highest BCUT2D eigenvalue weighted by Gasteiger charge is 2.31. The van der Waals surface area contributed by atoms with Crippen molar-refractivity contribution in [3.05, 3.63) is 22.4 Å². The molecule has 0 radical (unpaired) electrons. The SMILES string of the molecule is CCC1CNCCN1C(c1cccs1)C(C)C. The maximum atomic E-state index is 3.52. The Labute approximate surface area is 109 Å². The molecule has 2 unspecified atom stereocenters. The van der Waals surface area contributed by atoms with Crippen molar-refractivity contribution in [2.45, 2.75) is 39.3 Å². The smallest absolute Gasteiger partial charge is 0.0468 e.